The Morgan fingerprint density at radius 3 is 2.73 bits per heavy atom. The molecule has 1 aromatic rings. The summed E-state index contributed by atoms with van der Waals surface area (Å²) < 4.78 is 0. The number of nitrogens with zero attached hydrogens (tertiary/aromatic N) is 3. The molecule has 1 heterocycles. The van der Waals surface area contributed by atoms with Crippen molar-refractivity contribution >= 4 is 11.9 Å². The standard InChI is InChI=1S/C10H13N3O2/c1-6-5-8(9(14)15)12-10(11-6)13(2)7-3-4-7/h5,7H,3-4H2,1-2H3,(H,14,15). The number of aryl methyl sites for hydroxylation is 1. The molecule has 1 fully saturated rings. The average Bonchev–Trinajstić information content (AvgIpc) is 2.98. The van der Waals surface area contributed by atoms with Crippen LogP contribution in [-0.2, 0) is 0 Å². The van der Waals surface area contributed by atoms with Crippen molar-refractivity contribution in [3.8, 4) is 0 Å². The fourth-order valence-electron chi connectivity index (χ4n) is 1.45. The van der Waals surface area contributed by atoms with Crippen LogP contribution in [0.25, 0.3) is 0 Å². The minimum absolute atomic E-state index is 0.0602. The number of carboxylic acids is 1. The van der Waals surface area contributed by atoms with Gasteiger partial charge in [-0.2, -0.15) is 0 Å². The second kappa shape index (κ2) is 3.49. The van der Waals surface area contributed by atoms with Gasteiger partial charge in [0.25, 0.3) is 0 Å². The molecule has 0 aliphatic heterocycles. The third-order valence-electron chi connectivity index (χ3n) is 2.47. The lowest BCUT2D eigenvalue weighted by molar-refractivity contribution is 0.0690. The van der Waals surface area contributed by atoms with Crippen molar-refractivity contribution in [2.24, 2.45) is 0 Å². The number of aromatic carboxylic acids is 1. The Morgan fingerprint density at radius 1 is 1.53 bits per heavy atom. The van der Waals surface area contributed by atoms with Crippen LogP contribution in [0.2, 0.25) is 0 Å². The van der Waals surface area contributed by atoms with Crippen molar-refractivity contribution in [2.45, 2.75) is 25.8 Å². The number of rotatable bonds is 3. The van der Waals surface area contributed by atoms with E-state index in [1.54, 1.807) is 6.92 Å². The Bertz CT molecular complexity index is 402. The summed E-state index contributed by atoms with van der Waals surface area (Å²) in [5.74, 6) is -0.499. The highest BCUT2D eigenvalue weighted by Gasteiger charge is 2.28. The molecule has 0 amide bonds. The van der Waals surface area contributed by atoms with Crippen molar-refractivity contribution in [3.05, 3.63) is 17.5 Å². The summed E-state index contributed by atoms with van der Waals surface area (Å²) in [7, 11) is 1.90. The Kier molecular flexibility index (Phi) is 2.30. The number of hydrogen-bond donors (Lipinski definition) is 1. The van der Waals surface area contributed by atoms with Gasteiger partial charge in [-0.15, -0.1) is 0 Å². The average molecular weight is 207 g/mol. The van der Waals surface area contributed by atoms with Gasteiger partial charge in [-0.05, 0) is 25.8 Å². The lowest BCUT2D eigenvalue weighted by atomic mass is 10.3. The molecule has 0 unspecified atom stereocenters. The van der Waals surface area contributed by atoms with E-state index < -0.39 is 5.97 Å². The first-order valence-electron chi connectivity index (χ1n) is 4.90. The molecule has 1 N–H and O–H groups in total. The van der Waals surface area contributed by atoms with Crippen molar-refractivity contribution in [1.29, 1.82) is 0 Å². The molecular weight excluding hydrogens is 194 g/mol. The molecule has 0 bridgehead atoms. The Morgan fingerprint density at radius 2 is 2.20 bits per heavy atom. The molecule has 0 atom stereocenters. The molecule has 1 saturated carbocycles. The molecule has 0 radical (unpaired) electrons. The molecule has 15 heavy (non-hydrogen) atoms. The van der Waals surface area contributed by atoms with Crippen LogP contribution in [0.1, 0.15) is 29.0 Å². The third kappa shape index (κ3) is 2.06. The molecule has 1 aromatic heterocycles. The maximum Gasteiger partial charge on any atom is 0.354 e. The van der Waals surface area contributed by atoms with Crippen molar-refractivity contribution in [2.75, 3.05) is 11.9 Å². The highest BCUT2D eigenvalue weighted by atomic mass is 16.4. The zero-order valence-electron chi connectivity index (χ0n) is 8.77. The van der Waals surface area contributed by atoms with E-state index >= 15 is 0 Å². The van der Waals surface area contributed by atoms with Crippen molar-refractivity contribution < 1.29 is 9.90 Å². The van der Waals surface area contributed by atoms with Crippen LogP contribution >= 0.6 is 0 Å². The van der Waals surface area contributed by atoms with Gasteiger partial charge in [-0.3, -0.25) is 0 Å². The molecule has 2 rings (SSSR count). The largest absolute Gasteiger partial charge is 0.477 e. The number of anilines is 1. The van der Waals surface area contributed by atoms with Crippen LogP contribution in [0.4, 0.5) is 5.95 Å². The number of hydrogen-bond acceptors (Lipinski definition) is 4. The maximum atomic E-state index is 10.8. The van der Waals surface area contributed by atoms with E-state index in [0.717, 1.165) is 12.8 Å². The molecule has 1 aliphatic rings. The van der Waals surface area contributed by atoms with Gasteiger partial charge in [0.1, 0.15) is 0 Å². The zero-order chi connectivity index (χ0) is 11.0. The van der Waals surface area contributed by atoms with Gasteiger partial charge >= 0.3 is 5.97 Å². The van der Waals surface area contributed by atoms with Crippen LogP contribution in [0.3, 0.4) is 0 Å². The predicted molar refractivity (Wildman–Crippen MR) is 55.2 cm³/mol. The van der Waals surface area contributed by atoms with Gasteiger partial charge in [-0.25, -0.2) is 14.8 Å². The minimum Gasteiger partial charge on any atom is -0.477 e. The lowest BCUT2D eigenvalue weighted by Gasteiger charge is -2.16. The summed E-state index contributed by atoms with van der Waals surface area (Å²) in [6.07, 6.45) is 2.27. The van der Waals surface area contributed by atoms with Gasteiger partial charge in [0, 0.05) is 18.8 Å². The molecule has 1 aliphatic carbocycles. The quantitative estimate of drug-likeness (QED) is 0.803. The van der Waals surface area contributed by atoms with Crippen LogP contribution in [-0.4, -0.2) is 34.1 Å². The van der Waals surface area contributed by atoms with E-state index in [-0.39, 0.29) is 5.69 Å². The number of carbonyl (C=O) groups is 1. The summed E-state index contributed by atoms with van der Waals surface area (Å²) in [5.41, 5.74) is 0.745. The van der Waals surface area contributed by atoms with E-state index in [9.17, 15) is 4.79 Å². The second-order valence-corrected chi connectivity index (χ2v) is 3.84. The number of aromatic nitrogens is 2. The summed E-state index contributed by atoms with van der Waals surface area (Å²) in [5, 5.41) is 8.86. The van der Waals surface area contributed by atoms with E-state index in [2.05, 4.69) is 9.97 Å². The summed E-state index contributed by atoms with van der Waals surface area (Å²) in [6, 6.07) is 1.96. The van der Waals surface area contributed by atoms with Gasteiger partial charge in [0.05, 0.1) is 0 Å². The minimum atomic E-state index is -1.01. The highest BCUT2D eigenvalue weighted by molar-refractivity contribution is 5.85. The van der Waals surface area contributed by atoms with E-state index in [0.29, 0.717) is 17.7 Å². The predicted octanol–water partition coefficient (Wildman–Crippen LogP) is 1.08. The Balaban J connectivity index is 2.33. The second-order valence-electron chi connectivity index (χ2n) is 3.84. The lowest BCUT2D eigenvalue weighted by Crippen LogP contribution is -2.23. The van der Waals surface area contributed by atoms with Gasteiger partial charge in [0.2, 0.25) is 5.95 Å². The van der Waals surface area contributed by atoms with Crippen molar-refractivity contribution in [1.82, 2.24) is 9.97 Å². The SMILES string of the molecule is Cc1cc(C(=O)O)nc(N(C)C2CC2)n1. The fraction of sp³-hybridized carbons (Fsp3) is 0.500. The topological polar surface area (TPSA) is 66.3 Å². The first kappa shape index (κ1) is 9.89. The molecule has 0 saturated heterocycles. The maximum absolute atomic E-state index is 10.8. The normalized spacial score (nSPS) is 15.1. The molecule has 80 valence electrons. The molecule has 0 spiro atoms. The first-order valence-corrected chi connectivity index (χ1v) is 4.90. The van der Waals surface area contributed by atoms with Crippen LogP contribution < -0.4 is 4.90 Å². The third-order valence-corrected chi connectivity index (χ3v) is 2.47. The Labute approximate surface area is 87.8 Å². The first-order chi connectivity index (χ1) is 7.08. The highest BCUT2D eigenvalue weighted by Crippen LogP contribution is 2.28. The van der Waals surface area contributed by atoms with Gasteiger partial charge in [0.15, 0.2) is 5.69 Å². The molecule has 5 heteroatoms. The van der Waals surface area contributed by atoms with Gasteiger partial charge < -0.3 is 10.0 Å². The van der Waals surface area contributed by atoms with Crippen molar-refractivity contribution in [3.63, 3.8) is 0 Å². The molecule has 0 aromatic carbocycles. The number of carboxylic acid groups (broad SMARTS) is 1. The van der Waals surface area contributed by atoms with E-state index in [4.69, 9.17) is 5.11 Å². The molecule has 5 nitrogen and oxygen atoms in total. The summed E-state index contributed by atoms with van der Waals surface area (Å²) in [4.78, 5) is 21.0. The van der Waals surface area contributed by atoms with E-state index in [1.807, 2.05) is 11.9 Å². The Hall–Kier alpha value is -1.65. The van der Waals surface area contributed by atoms with Crippen LogP contribution in [0, 0.1) is 6.92 Å². The summed E-state index contributed by atoms with van der Waals surface area (Å²) in [6.45, 7) is 1.78. The van der Waals surface area contributed by atoms with Crippen LogP contribution in [0.15, 0.2) is 6.07 Å². The molecular formula is C10H13N3O2. The monoisotopic (exact) mass is 207 g/mol. The summed E-state index contributed by atoms with van der Waals surface area (Å²) >= 11 is 0. The van der Waals surface area contributed by atoms with E-state index in [1.165, 1.54) is 6.07 Å². The van der Waals surface area contributed by atoms with Crippen LogP contribution in [0.5, 0.6) is 0 Å². The van der Waals surface area contributed by atoms with Gasteiger partial charge in [-0.1, -0.05) is 0 Å². The fourth-order valence-corrected chi connectivity index (χ4v) is 1.45. The smallest absolute Gasteiger partial charge is 0.354 e. The zero-order valence-corrected chi connectivity index (χ0v) is 8.77.